The van der Waals surface area contributed by atoms with Crippen LogP contribution >= 0.6 is 0 Å². The van der Waals surface area contributed by atoms with Crippen LogP contribution in [0.4, 0.5) is 11.6 Å². The average molecular weight is 361 g/mol. The molecule has 0 aliphatic carbocycles. The lowest BCUT2D eigenvalue weighted by Crippen LogP contribution is -2.34. The number of piperidine rings is 1. The minimum Gasteiger partial charge on any atom is -0.358 e. The maximum Gasteiger partial charge on any atom is 0.134 e. The van der Waals surface area contributed by atoms with Gasteiger partial charge in [-0.05, 0) is 50.2 Å². The van der Waals surface area contributed by atoms with E-state index in [2.05, 4.69) is 62.0 Å². The third-order valence-corrected chi connectivity index (χ3v) is 6.24. The fraction of sp³-hybridized carbons (Fsp3) is 0.455. The summed E-state index contributed by atoms with van der Waals surface area (Å²) < 4.78 is 0. The molecule has 140 valence electrons. The second-order valence-corrected chi connectivity index (χ2v) is 7.90. The predicted octanol–water partition coefficient (Wildman–Crippen LogP) is 4.25. The van der Waals surface area contributed by atoms with Crippen molar-refractivity contribution in [2.24, 2.45) is 0 Å². The lowest BCUT2D eigenvalue weighted by atomic mass is 9.87. The highest BCUT2D eigenvalue weighted by Crippen LogP contribution is 2.36. The van der Waals surface area contributed by atoms with Gasteiger partial charge in [-0.2, -0.15) is 0 Å². The van der Waals surface area contributed by atoms with E-state index < -0.39 is 0 Å². The van der Waals surface area contributed by atoms with Gasteiger partial charge in [-0.1, -0.05) is 18.2 Å². The Kier molecular flexibility index (Phi) is 4.23. The van der Waals surface area contributed by atoms with E-state index in [1.165, 1.54) is 47.8 Å². The van der Waals surface area contributed by atoms with Gasteiger partial charge in [0.1, 0.15) is 18.0 Å². The normalized spacial score (nSPS) is 18.6. The number of aromatic amines is 1. The molecule has 1 aromatic carbocycles. The van der Waals surface area contributed by atoms with E-state index in [1.807, 2.05) is 0 Å². The molecule has 2 aromatic heterocycles. The molecule has 27 heavy (non-hydrogen) atoms. The minimum absolute atomic E-state index is 0.622. The Balaban J connectivity index is 1.33. The van der Waals surface area contributed by atoms with Crippen molar-refractivity contribution >= 4 is 22.5 Å². The van der Waals surface area contributed by atoms with Crippen LogP contribution in [0.1, 0.15) is 42.9 Å². The lowest BCUT2D eigenvalue weighted by Gasteiger charge is -2.33. The first-order valence-corrected chi connectivity index (χ1v) is 10.2. The molecule has 2 aliphatic heterocycles. The number of H-pyrrole nitrogens is 1. The van der Waals surface area contributed by atoms with E-state index in [4.69, 9.17) is 0 Å². The number of rotatable bonds is 3. The number of nitrogens with one attached hydrogen (secondary N) is 1. The van der Waals surface area contributed by atoms with Crippen LogP contribution in [0.3, 0.4) is 0 Å². The summed E-state index contributed by atoms with van der Waals surface area (Å²) in [5, 5.41) is 1.40. The molecule has 2 aliphatic rings. The standard InChI is InChI=1S/C22H27N5/c1-16-22(18-6-2-3-7-19(18)25-16)17-8-12-27(13-9-17)21-14-20(23-15-24-21)26-10-4-5-11-26/h2-3,6-7,14-15,17,25H,4-5,8-13H2,1H3. The fourth-order valence-electron chi connectivity index (χ4n) is 4.85. The van der Waals surface area contributed by atoms with Crippen molar-refractivity contribution in [1.29, 1.82) is 0 Å². The number of hydrogen-bond acceptors (Lipinski definition) is 4. The van der Waals surface area contributed by atoms with E-state index in [0.29, 0.717) is 5.92 Å². The Morgan fingerprint density at radius 1 is 0.926 bits per heavy atom. The molecule has 0 bridgehead atoms. The molecule has 0 unspecified atom stereocenters. The highest BCUT2D eigenvalue weighted by atomic mass is 15.2. The van der Waals surface area contributed by atoms with Crippen LogP contribution in [-0.2, 0) is 0 Å². The first-order chi connectivity index (χ1) is 13.3. The second-order valence-electron chi connectivity index (χ2n) is 7.90. The number of hydrogen-bond donors (Lipinski definition) is 1. The summed E-state index contributed by atoms with van der Waals surface area (Å²) in [4.78, 5) is 17.5. The molecule has 0 amide bonds. The van der Waals surface area contributed by atoms with Gasteiger partial charge in [0.15, 0.2) is 0 Å². The zero-order chi connectivity index (χ0) is 18.2. The van der Waals surface area contributed by atoms with E-state index >= 15 is 0 Å². The third-order valence-electron chi connectivity index (χ3n) is 6.24. The van der Waals surface area contributed by atoms with Crippen LogP contribution in [0.25, 0.3) is 10.9 Å². The second kappa shape index (κ2) is 6.87. The zero-order valence-electron chi connectivity index (χ0n) is 16.0. The Bertz CT molecular complexity index is 933. The minimum atomic E-state index is 0.622. The number of benzene rings is 1. The van der Waals surface area contributed by atoms with Crippen LogP contribution in [-0.4, -0.2) is 41.1 Å². The topological polar surface area (TPSA) is 48.1 Å². The molecule has 0 atom stereocenters. The molecule has 4 heterocycles. The summed E-state index contributed by atoms with van der Waals surface area (Å²) in [5.74, 6) is 2.80. The van der Waals surface area contributed by atoms with Crippen molar-refractivity contribution in [1.82, 2.24) is 15.0 Å². The van der Waals surface area contributed by atoms with Crippen LogP contribution < -0.4 is 9.80 Å². The molecule has 1 N–H and O–H groups in total. The Morgan fingerprint density at radius 3 is 2.33 bits per heavy atom. The molecule has 3 aromatic rings. The average Bonchev–Trinajstić information content (AvgIpc) is 3.35. The molecule has 5 nitrogen and oxygen atoms in total. The maximum absolute atomic E-state index is 4.57. The molecule has 0 saturated carbocycles. The first-order valence-electron chi connectivity index (χ1n) is 10.2. The lowest BCUT2D eigenvalue weighted by molar-refractivity contribution is 0.503. The summed E-state index contributed by atoms with van der Waals surface area (Å²) in [5.41, 5.74) is 4.11. The number of fused-ring (bicyclic) bond motifs is 1. The molecular formula is C22H27N5. The van der Waals surface area contributed by atoms with Gasteiger partial charge >= 0.3 is 0 Å². The Morgan fingerprint density at radius 2 is 1.59 bits per heavy atom. The van der Waals surface area contributed by atoms with Gasteiger partial charge in [-0.25, -0.2) is 9.97 Å². The summed E-state index contributed by atoms with van der Waals surface area (Å²) in [7, 11) is 0. The molecule has 5 heteroatoms. The highest BCUT2D eigenvalue weighted by Gasteiger charge is 2.25. The van der Waals surface area contributed by atoms with Crippen LogP contribution in [0.2, 0.25) is 0 Å². The number of anilines is 2. The number of nitrogens with zero attached hydrogens (tertiary/aromatic N) is 4. The number of para-hydroxylation sites is 1. The van der Waals surface area contributed by atoms with E-state index in [0.717, 1.165) is 37.8 Å². The van der Waals surface area contributed by atoms with Crippen LogP contribution in [0, 0.1) is 6.92 Å². The van der Waals surface area contributed by atoms with Gasteiger partial charge in [0.2, 0.25) is 0 Å². The summed E-state index contributed by atoms with van der Waals surface area (Å²) in [6, 6.07) is 10.9. The largest absolute Gasteiger partial charge is 0.358 e. The monoisotopic (exact) mass is 361 g/mol. The van der Waals surface area contributed by atoms with Crippen molar-refractivity contribution < 1.29 is 0 Å². The van der Waals surface area contributed by atoms with Gasteiger partial charge in [0.25, 0.3) is 0 Å². The fourth-order valence-corrected chi connectivity index (χ4v) is 4.85. The molecular weight excluding hydrogens is 334 g/mol. The van der Waals surface area contributed by atoms with Gasteiger partial charge in [-0.15, -0.1) is 0 Å². The van der Waals surface area contributed by atoms with E-state index in [-0.39, 0.29) is 0 Å². The van der Waals surface area contributed by atoms with Crippen LogP contribution in [0.5, 0.6) is 0 Å². The summed E-state index contributed by atoms with van der Waals surface area (Å²) >= 11 is 0. The van der Waals surface area contributed by atoms with Crippen LogP contribution in [0.15, 0.2) is 36.7 Å². The van der Waals surface area contributed by atoms with E-state index in [1.54, 1.807) is 6.33 Å². The van der Waals surface area contributed by atoms with Crippen molar-refractivity contribution in [3.05, 3.63) is 47.9 Å². The van der Waals surface area contributed by atoms with Gasteiger partial charge in [-0.3, -0.25) is 0 Å². The quantitative estimate of drug-likeness (QED) is 0.758. The van der Waals surface area contributed by atoms with Gasteiger partial charge in [0, 0.05) is 48.8 Å². The van der Waals surface area contributed by atoms with Crippen molar-refractivity contribution in [2.45, 2.75) is 38.5 Å². The van der Waals surface area contributed by atoms with Gasteiger partial charge in [0.05, 0.1) is 0 Å². The van der Waals surface area contributed by atoms with Crippen molar-refractivity contribution in [3.8, 4) is 0 Å². The molecule has 2 saturated heterocycles. The molecule has 0 spiro atoms. The van der Waals surface area contributed by atoms with Gasteiger partial charge < -0.3 is 14.8 Å². The van der Waals surface area contributed by atoms with Crippen molar-refractivity contribution in [3.63, 3.8) is 0 Å². The molecule has 2 fully saturated rings. The highest BCUT2D eigenvalue weighted by molar-refractivity contribution is 5.85. The number of aromatic nitrogens is 3. The third kappa shape index (κ3) is 3.05. The predicted molar refractivity (Wildman–Crippen MR) is 111 cm³/mol. The SMILES string of the molecule is Cc1[nH]c2ccccc2c1C1CCN(c2cc(N3CCCC3)ncn2)CC1. The Labute approximate surface area is 160 Å². The summed E-state index contributed by atoms with van der Waals surface area (Å²) in [6.45, 7) is 6.57. The Hall–Kier alpha value is -2.56. The van der Waals surface area contributed by atoms with Crippen molar-refractivity contribution in [2.75, 3.05) is 36.0 Å². The smallest absolute Gasteiger partial charge is 0.134 e. The number of aryl methyl sites for hydroxylation is 1. The molecule has 5 rings (SSSR count). The zero-order valence-corrected chi connectivity index (χ0v) is 16.0. The first kappa shape index (κ1) is 16.6. The van der Waals surface area contributed by atoms with E-state index in [9.17, 15) is 0 Å². The molecule has 0 radical (unpaired) electrons. The maximum atomic E-state index is 4.57. The summed E-state index contributed by atoms with van der Waals surface area (Å²) in [6.07, 6.45) is 6.62.